The molecule has 4 heteroatoms. The third kappa shape index (κ3) is 4.50. The number of aliphatic imine (C=N–C) groups is 1. The quantitative estimate of drug-likeness (QED) is 0.552. The fourth-order valence-electron chi connectivity index (χ4n) is 3.47. The van der Waals surface area contributed by atoms with E-state index in [9.17, 15) is 0 Å². The Hall–Kier alpha value is -2.46. The van der Waals surface area contributed by atoms with Gasteiger partial charge < -0.3 is 9.30 Å². The molecule has 0 spiro atoms. The molecule has 0 bridgehead atoms. The largest absolute Gasteiger partial charge is 0.474 e. The van der Waals surface area contributed by atoms with Gasteiger partial charge in [0.1, 0.15) is 12.3 Å². The molecule has 2 aromatic carbocycles. The monoisotopic (exact) mass is 390 g/mol. The van der Waals surface area contributed by atoms with E-state index in [2.05, 4.69) is 85.3 Å². The molecule has 0 saturated carbocycles. The van der Waals surface area contributed by atoms with Gasteiger partial charge in [0.05, 0.1) is 6.04 Å². The van der Waals surface area contributed by atoms with Gasteiger partial charge in [-0.3, -0.25) is 0 Å². The van der Waals surface area contributed by atoms with Crippen molar-refractivity contribution in [3.8, 4) is 0 Å². The van der Waals surface area contributed by atoms with Crippen LogP contribution in [-0.4, -0.2) is 28.9 Å². The van der Waals surface area contributed by atoms with E-state index < -0.39 is 0 Å². The predicted octanol–water partition coefficient (Wildman–Crippen LogP) is 5.23. The first kappa shape index (κ1) is 18.9. The number of aryl methyl sites for hydroxylation is 2. The molecule has 4 rings (SSSR count). The molecule has 0 amide bonds. The highest BCUT2D eigenvalue weighted by atomic mass is 32.2. The lowest BCUT2D eigenvalue weighted by atomic mass is 10.1. The summed E-state index contributed by atoms with van der Waals surface area (Å²) in [7, 11) is 0. The van der Waals surface area contributed by atoms with E-state index in [-0.39, 0.29) is 6.04 Å². The van der Waals surface area contributed by atoms with Gasteiger partial charge in [0, 0.05) is 24.2 Å². The molecule has 1 aliphatic heterocycles. The lowest BCUT2D eigenvalue weighted by Crippen LogP contribution is -2.11. The standard InChI is InChI=1S/C24H26N2OS/c1-18-7-5-9-20(13-18)16-28-17-22-15-27-24(25-22)23-11-6-12-26(23)14-21-10-4-3-8-19(21)2/h3-13,22H,14-17H2,1-2H3/t22-/m1/s1. The summed E-state index contributed by atoms with van der Waals surface area (Å²) in [6.45, 7) is 5.81. The van der Waals surface area contributed by atoms with Crippen LogP contribution in [0.3, 0.4) is 0 Å². The van der Waals surface area contributed by atoms with Crippen molar-refractivity contribution < 1.29 is 4.74 Å². The van der Waals surface area contributed by atoms with Crippen molar-refractivity contribution in [3.05, 3.63) is 94.8 Å². The van der Waals surface area contributed by atoms with Crippen molar-refractivity contribution in [2.24, 2.45) is 4.99 Å². The van der Waals surface area contributed by atoms with Crippen molar-refractivity contribution in [2.45, 2.75) is 32.2 Å². The van der Waals surface area contributed by atoms with Crippen LogP contribution in [0.5, 0.6) is 0 Å². The highest BCUT2D eigenvalue weighted by Gasteiger charge is 2.22. The molecular formula is C24H26N2OS. The number of benzene rings is 2. The Bertz CT molecular complexity index is 976. The minimum absolute atomic E-state index is 0.228. The summed E-state index contributed by atoms with van der Waals surface area (Å²) in [4.78, 5) is 4.86. The number of thioether (sulfide) groups is 1. The van der Waals surface area contributed by atoms with Gasteiger partial charge >= 0.3 is 0 Å². The molecule has 0 unspecified atom stereocenters. The maximum Gasteiger partial charge on any atom is 0.233 e. The zero-order valence-corrected chi connectivity index (χ0v) is 17.3. The predicted molar refractivity (Wildman–Crippen MR) is 118 cm³/mol. The summed E-state index contributed by atoms with van der Waals surface area (Å²) >= 11 is 1.93. The Morgan fingerprint density at radius 1 is 1.07 bits per heavy atom. The Balaban J connectivity index is 1.38. The maximum absolute atomic E-state index is 5.96. The Labute approximate surface area is 171 Å². The second kappa shape index (κ2) is 8.70. The average molecular weight is 391 g/mol. The van der Waals surface area contributed by atoms with Gasteiger partial charge in [-0.05, 0) is 42.7 Å². The maximum atomic E-state index is 5.96. The van der Waals surface area contributed by atoms with Crippen LogP contribution in [-0.2, 0) is 17.0 Å². The first-order valence-electron chi connectivity index (χ1n) is 9.73. The topological polar surface area (TPSA) is 26.5 Å². The molecule has 0 aliphatic carbocycles. The van der Waals surface area contributed by atoms with Crippen LogP contribution in [0.15, 0.2) is 71.9 Å². The van der Waals surface area contributed by atoms with E-state index in [1.54, 1.807) is 0 Å². The average Bonchev–Trinajstić information content (AvgIpc) is 3.33. The third-order valence-corrected chi connectivity index (χ3v) is 6.18. The summed E-state index contributed by atoms with van der Waals surface area (Å²) in [5.74, 6) is 2.78. The molecule has 3 nitrogen and oxygen atoms in total. The number of hydrogen-bond acceptors (Lipinski definition) is 3. The van der Waals surface area contributed by atoms with Crippen LogP contribution in [0, 0.1) is 13.8 Å². The smallest absolute Gasteiger partial charge is 0.233 e. The summed E-state index contributed by atoms with van der Waals surface area (Å²) in [5, 5.41) is 0. The van der Waals surface area contributed by atoms with E-state index in [1.165, 1.54) is 22.3 Å². The third-order valence-electron chi connectivity index (χ3n) is 5.02. The second-order valence-corrected chi connectivity index (χ2v) is 8.38. The minimum atomic E-state index is 0.228. The Morgan fingerprint density at radius 3 is 2.82 bits per heavy atom. The van der Waals surface area contributed by atoms with Gasteiger partial charge in [0.2, 0.25) is 5.90 Å². The lowest BCUT2D eigenvalue weighted by Gasteiger charge is -2.11. The van der Waals surface area contributed by atoms with Crippen molar-refractivity contribution in [3.63, 3.8) is 0 Å². The first-order chi connectivity index (χ1) is 13.7. The molecule has 28 heavy (non-hydrogen) atoms. The van der Waals surface area contributed by atoms with Crippen molar-refractivity contribution >= 4 is 17.7 Å². The van der Waals surface area contributed by atoms with Crippen molar-refractivity contribution in [2.75, 3.05) is 12.4 Å². The SMILES string of the molecule is Cc1cccc(CSC[C@H]2COC(c3cccn3Cc3ccccc3C)=N2)c1. The molecule has 2 heterocycles. The Kier molecular flexibility index (Phi) is 5.87. The fourth-order valence-corrected chi connectivity index (χ4v) is 4.45. The highest BCUT2D eigenvalue weighted by molar-refractivity contribution is 7.98. The van der Waals surface area contributed by atoms with E-state index in [1.807, 2.05) is 11.8 Å². The van der Waals surface area contributed by atoms with Crippen LogP contribution in [0.4, 0.5) is 0 Å². The van der Waals surface area contributed by atoms with Crippen molar-refractivity contribution in [1.29, 1.82) is 0 Å². The number of rotatable bonds is 7. The molecular weight excluding hydrogens is 364 g/mol. The van der Waals surface area contributed by atoms with Crippen LogP contribution in [0.25, 0.3) is 0 Å². The van der Waals surface area contributed by atoms with Crippen LogP contribution in [0.2, 0.25) is 0 Å². The van der Waals surface area contributed by atoms with Gasteiger partial charge in [-0.25, -0.2) is 4.99 Å². The summed E-state index contributed by atoms with van der Waals surface area (Å²) in [6.07, 6.45) is 2.10. The molecule has 0 radical (unpaired) electrons. The summed E-state index contributed by atoms with van der Waals surface area (Å²) in [6, 6.07) is 21.6. The summed E-state index contributed by atoms with van der Waals surface area (Å²) < 4.78 is 8.18. The van der Waals surface area contributed by atoms with Crippen molar-refractivity contribution in [1.82, 2.24) is 4.57 Å². The molecule has 0 fully saturated rings. The normalized spacial score (nSPS) is 16.1. The molecule has 144 valence electrons. The first-order valence-corrected chi connectivity index (χ1v) is 10.9. The van der Waals surface area contributed by atoms with E-state index >= 15 is 0 Å². The zero-order valence-electron chi connectivity index (χ0n) is 16.5. The van der Waals surface area contributed by atoms with Gasteiger partial charge in [0.25, 0.3) is 0 Å². The van der Waals surface area contributed by atoms with Crippen LogP contribution >= 0.6 is 11.8 Å². The molecule has 1 atom stereocenters. The zero-order chi connectivity index (χ0) is 19.3. The number of aromatic nitrogens is 1. The minimum Gasteiger partial charge on any atom is -0.474 e. The van der Waals surface area contributed by atoms with Crippen LogP contribution < -0.4 is 0 Å². The Morgan fingerprint density at radius 2 is 1.96 bits per heavy atom. The van der Waals surface area contributed by atoms with E-state index in [4.69, 9.17) is 9.73 Å². The highest BCUT2D eigenvalue weighted by Crippen LogP contribution is 2.20. The van der Waals surface area contributed by atoms with Gasteiger partial charge in [-0.2, -0.15) is 11.8 Å². The molecule has 1 aliphatic rings. The van der Waals surface area contributed by atoms with E-state index in [0.717, 1.165) is 29.6 Å². The molecule has 0 N–H and O–H groups in total. The molecule has 1 aromatic heterocycles. The fraction of sp³-hybridized carbons (Fsp3) is 0.292. The van der Waals surface area contributed by atoms with Crippen LogP contribution in [0.1, 0.15) is 27.9 Å². The molecule has 0 saturated heterocycles. The second-order valence-electron chi connectivity index (χ2n) is 7.35. The number of ether oxygens (including phenoxy) is 1. The van der Waals surface area contributed by atoms with E-state index in [0.29, 0.717) is 6.61 Å². The lowest BCUT2D eigenvalue weighted by molar-refractivity contribution is 0.323. The molecule has 3 aromatic rings. The number of nitrogens with zero attached hydrogens (tertiary/aromatic N) is 2. The summed E-state index contributed by atoms with van der Waals surface area (Å²) in [5.41, 5.74) is 6.39. The van der Waals surface area contributed by atoms with Gasteiger partial charge in [-0.1, -0.05) is 54.1 Å². The van der Waals surface area contributed by atoms with Gasteiger partial charge in [0.15, 0.2) is 0 Å². The number of hydrogen-bond donors (Lipinski definition) is 0. The van der Waals surface area contributed by atoms with Gasteiger partial charge in [-0.15, -0.1) is 0 Å².